The Morgan fingerprint density at radius 3 is 2.92 bits per heavy atom. The van der Waals surface area contributed by atoms with Gasteiger partial charge in [-0.25, -0.2) is 4.98 Å². The second kappa shape index (κ2) is 3.79. The van der Waals surface area contributed by atoms with E-state index in [1.807, 2.05) is 6.20 Å². The van der Waals surface area contributed by atoms with Crippen molar-refractivity contribution in [2.45, 2.75) is 12.5 Å². The molecule has 0 aliphatic carbocycles. The Labute approximate surface area is 91.5 Å². The largest absolute Gasteiger partial charge is 0.355 e. The first kappa shape index (κ1) is 9.21. The molecule has 0 unspecified atom stereocenters. The van der Waals surface area contributed by atoms with Gasteiger partial charge in [-0.3, -0.25) is 0 Å². The molecule has 0 radical (unpaired) electrons. The number of nitrogens with two attached hydrogens (primary N) is 1. The van der Waals surface area contributed by atoms with Gasteiger partial charge in [0.2, 0.25) is 0 Å². The van der Waals surface area contributed by atoms with Gasteiger partial charge in [-0.05, 0) is 41.1 Å². The number of hydrogen-bond donors (Lipinski definition) is 1. The third kappa shape index (κ3) is 2.11. The van der Waals surface area contributed by atoms with Gasteiger partial charge in [0, 0.05) is 28.9 Å². The zero-order valence-corrected chi connectivity index (χ0v) is 9.44. The predicted octanol–water partition coefficient (Wildman–Crippen LogP) is 1.22. The summed E-state index contributed by atoms with van der Waals surface area (Å²) in [7, 11) is 0. The molecule has 70 valence electrons. The predicted molar refractivity (Wildman–Crippen MR) is 61.8 cm³/mol. The molecule has 3 nitrogen and oxygen atoms in total. The maximum atomic E-state index is 5.82. The highest BCUT2D eigenvalue weighted by Gasteiger charge is 2.19. The first-order valence-electron chi connectivity index (χ1n) is 4.38. The summed E-state index contributed by atoms with van der Waals surface area (Å²) in [5.41, 5.74) is 5.82. The minimum Gasteiger partial charge on any atom is -0.355 e. The highest BCUT2D eigenvalue weighted by Crippen LogP contribution is 2.17. The number of halogens is 1. The minimum atomic E-state index is 0.320. The number of nitrogens with zero attached hydrogens (tertiary/aromatic N) is 2. The zero-order valence-electron chi connectivity index (χ0n) is 7.28. The van der Waals surface area contributed by atoms with E-state index in [4.69, 9.17) is 5.73 Å². The Bertz CT molecular complexity index is 285. The molecule has 4 heteroatoms. The van der Waals surface area contributed by atoms with Gasteiger partial charge >= 0.3 is 0 Å². The van der Waals surface area contributed by atoms with Crippen LogP contribution >= 0.6 is 22.6 Å². The Kier molecular flexibility index (Phi) is 2.69. The average Bonchev–Trinajstić information content (AvgIpc) is 2.53. The van der Waals surface area contributed by atoms with E-state index < -0.39 is 0 Å². The van der Waals surface area contributed by atoms with Crippen LogP contribution in [0.15, 0.2) is 18.3 Å². The van der Waals surface area contributed by atoms with Crippen LogP contribution in [-0.2, 0) is 0 Å². The van der Waals surface area contributed by atoms with E-state index in [1.165, 1.54) is 3.57 Å². The first-order valence-corrected chi connectivity index (χ1v) is 5.45. The molecular formula is C9H12IN3. The fourth-order valence-electron chi connectivity index (χ4n) is 1.55. The molecule has 0 bridgehead atoms. The standard InChI is InChI=1S/C9H12IN3/c10-7-1-2-9(12-5-7)13-4-3-8(11)6-13/h1-2,5,8H,3-4,6,11H2/t8-/m1/s1. The molecular weight excluding hydrogens is 277 g/mol. The summed E-state index contributed by atoms with van der Waals surface area (Å²) in [6.07, 6.45) is 2.97. The lowest BCUT2D eigenvalue weighted by atomic mass is 10.3. The van der Waals surface area contributed by atoms with Crippen LogP contribution in [0.1, 0.15) is 6.42 Å². The smallest absolute Gasteiger partial charge is 0.128 e. The normalized spacial score (nSPS) is 22.3. The minimum absolute atomic E-state index is 0.320. The van der Waals surface area contributed by atoms with Crippen molar-refractivity contribution >= 4 is 28.4 Å². The van der Waals surface area contributed by atoms with Gasteiger partial charge in [0.25, 0.3) is 0 Å². The third-order valence-electron chi connectivity index (χ3n) is 2.26. The molecule has 1 aromatic heterocycles. The molecule has 0 aromatic carbocycles. The summed E-state index contributed by atoms with van der Waals surface area (Å²) in [6.45, 7) is 1.97. The Balaban J connectivity index is 2.13. The Morgan fingerprint density at radius 1 is 1.54 bits per heavy atom. The topological polar surface area (TPSA) is 42.1 Å². The van der Waals surface area contributed by atoms with Crippen LogP contribution in [0, 0.1) is 3.57 Å². The average molecular weight is 289 g/mol. The molecule has 13 heavy (non-hydrogen) atoms. The molecule has 1 aromatic rings. The second-order valence-electron chi connectivity index (χ2n) is 3.33. The van der Waals surface area contributed by atoms with Crippen molar-refractivity contribution in [3.05, 3.63) is 21.9 Å². The molecule has 2 heterocycles. The van der Waals surface area contributed by atoms with Crippen LogP contribution in [0.2, 0.25) is 0 Å². The van der Waals surface area contributed by atoms with E-state index in [9.17, 15) is 0 Å². The molecule has 0 spiro atoms. The number of anilines is 1. The number of rotatable bonds is 1. The van der Waals surface area contributed by atoms with E-state index in [2.05, 4.69) is 44.6 Å². The maximum Gasteiger partial charge on any atom is 0.128 e. The summed E-state index contributed by atoms with van der Waals surface area (Å²) < 4.78 is 1.17. The fraction of sp³-hybridized carbons (Fsp3) is 0.444. The third-order valence-corrected chi connectivity index (χ3v) is 2.90. The molecule has 2 N–H and O–H groups in total. The molecule has 0 amide bonds. The second-order valence-corrected chi connectivity index (χ2v) is 4.58. The van der Waals surface area contributed by atoms with Crippen molar-refractivity contribution in [3.63, 3.8) is 0 Å². The van der Waals surface area contributed by atoms with Gasteiger partial charge in [0.15, 0.2) is 0 Å². The van der Waals surface area contributed by atoms with Crippen molar-refractivity contribution in [1.29, 1.82) is 0 Å². The number of pyridine rings is 1. The van der Waals surface area contributed by atoms with E-state index in [0.29, 0.717) is 6.04 Å². The summed E-state index contributed by atoms with van der Waals surface area (Å²) in [4.78, 5) is 6.59. The summed E-state index contributed by atoms with van der Waals surface area (Å²) >= 11 is 2.26. The zero-order chi connectivity index (χ0) is 9.26. The van der Waals surface area contributed by atoms with E-state index in [-0.39, 0.29) is 0 Å². The highest BCUT2D eigenvalue weighted by atomic mass is 127. The van der Waals surface area contributed by atoms with Crippen molar-refractivity contribution in [2.24, 2.45) is 5.73 Å². The van der Waals surface area contributed by atoms with E-state index in [0.717, 1.165) is 25.3 Å². The van der Waals surface area contributed by atoms with E-state index >= 15 is 0 Å². The maximum absolute atomic E-state index is 5.82. The van der Waals surface area contributed by atoms with Gasteiger partial charge in [-0.2, -0.15) is 0 Å². The monoisotopic (exact) mass is 289 g/mol. The Morgan fingerprint density at radius 2 is 2.38 bits per heavy atom. The van der Waals surface area contributed by atoms with Crippen molar-refractivity contribution in [2.75, 3.05) is 18.0 Å². The lowest BCUT2D eigenvalue weighted by molar-refractivity contribution is 0.751. The summed E-state index contributed by atoms with van der Waals surface area (Å²) in [6, 6.07) is 4.45. The molecule has 1 aliphatic heterocycles. The number of aromatic nitrogens is 1. The molecule has 1 saturated heterocycles. The summed E-state index contributed by atoms with van der Waals surface area (Å²) in [5, 5.41) is 0. The van der Waals surface area contributed by atoms with Gasteiger partial charge in [-0.1, -0.05) is 0 Å². The fourth-order valence-corrected chi connectivity index (χ4v) is 1.87. The SMILES string of the molecule is N[C@@H]1CCN(c2ccc(I)cn2)C1. The van der Waals surface area contributed by atoms with Crippen molar-refractivity contribution in [3.8, 4) is 0 Å². The van der Waals surface area contributed by atoms with Crippen LogP contribution in [0.25, 0.3) is 0 Å². The van der Waals surface area contributed by atoms with Gasteiger partial charge in [0.1, 0.15) is 5.82 Å². The van der Waals surface area contributed by atoms with Gasteiger partial charge in [-0.15, -0.1) is 0 Å². The van der Waals surface area contributed by atoms with Crippen molar-refractivity contribution < 1.29 is 0 Å². The summed E-state index contributed by atoms with van der Waals surface area (Å²) in [5.74, 6) is 1.05. The molecule has 1 atom stereocenters. The van der Waals surface area contributed by atoms with Crippen LogP contribution in [-0.4, -0.2) is 24.1 Å². The van der Waals surface area contributed by atoms with Gasteiger partial charge in [0.05, 0.1) is 0 Å². The van der Waals surface area contributed by atoms with Crippen LogP contribution < -0.4 is 10.6 Å². The number of hydrogen-bond acceptors (Lipinski definition) is 3. The first-order chi connectivity index (χ1) is 6.25. The lowest BCUT2D eigenvalue weighted by Crippen LogP contribution is -2.26. The molecule has 1 fully saturated rings. The molecule has 2 rings (SSSR count). The molecule has 1 aliphatic rings. The lowest BCUT2D eigenvalue weighted by Gasteiger charge is -2.16. The quantitative estimate of drug-likeness (QED) is 0.791. The van der Waals surface area contributed by atoms with Crippen LogP contribution in [0.4, 0.5) is 5.82 Å². The van der Waals surface area contributed by atoms with Crippen LogP contribution in [0.3, 0.4) is 0 Å². The van der Waals surface area contributed by atoms with Crippen LogP contribution in [0.5, 0.6) is 0 Å². The van der Waals surface area contributed by atoms with Gasteiger partial charge < -0.3 is 10.6 Å². The van der Waals surface area contributed by atoms with Crippen molar-refractivity contribution in [1.82, 2.24) is 4.98 Å². The molecule has 0 saturated carbocycles. The highest BCUT2D eigenvalue weighted by molar-refractivity contribution is 14.1. The van der Waals surface area contributed by atoms with E-state index in [1.54, 1.807) is 0 Å². The Hall–Kier alpha value is -0.360.